The summed E-state index contributed by atoms with van der Waals surface area (Å²) in [6.07, 6.45) is 0. The fraction of sp³-hybridized carbons (Fsp3) is 0.250. The van der Waals surface area contributed by atoms with E-state index in [1.165, 1.54) is 16.7 Å². The Morgan fingerprint density at radius 2 is 1.45 bits per heavy atom. The molecule has 118 valence electrons. The highest BCUT2D eigenvalue weighted by atomic mass is 19.5. The lowest BCUT2D eigenvalue weighted by Crippen LogP contribution is -2.90. The van der Waals surface area contributed by atoms with E-state index in [1.54, 1.807) is 0 Å². The second-order valence-corrected chi connectivity index (χ2v) is 5.38. The minimum atomic E-state index is -6.00. The van der Waals surface area contributed by atoms with Crippen molar-refractivity contribution in [1.82, 2.24) is 0 Å². The van der Waals surface area contributed by atoms with Crippen molar-refractivity contribution in [2.24, 2.45) is 0 Å². The Morgan fingerprint density at radius 3 is 2.09 bits per heavy atom. The van der Waals surface area contributed by atoms with E-state index in [2.05, 4.69) is 66.8 Å². The lowest BCUT2D eigenvalue weighted by molar-refractivity contribution is -0.706. The van der Waals surface area contributed by atoms with Crippen LogP contribution in [-0.4, -0.2) is 13.3 Å². The smallest absolute Gasteiger partial charge is 0.418 e. The molecule has 0 aliphatic carbocycles. The SMILES string of the molecule is CC1[NH2+]Cc2ccccc2C1c1ccccc1.F[B-](F)(F)F. The zero-order valence-corrected chi connectivity index (χ0v) is 12.2. The van der Waals surface area contributed by atoms with Gasteiger partial charge in [0, 0.05) is 5.56 Å². The van der Waals surface area contributed by atoms with Gasteiger partial charge in [-0.1, -0.05) is 54.6 Å². The molecule has 1 aliphatic rings. The Labute approximate surface area is 127 Å². The average molecular weight is 311 g/mol. The highest BCUT2D eigenvalue weighted by Gasteiger charge is 2.30. The Morgan fingerprint density at radius 1 is 0.909 bits per heavy atom. The Hall–Kier alpha value is -1.82. The van der Waals surface area contributed by atoms with Gasteiger partial charge in [-0.2, -0.15) is 0 Å². The van der Waals surface area contributed by atoms with Gasteiger partial charge in [0.05, 0.1) is 12.0 Å². The lowest BCUT2D eigenvalue weighted by atomic mass is 9.81. The summed E-state index contributed by atoms with van der Waals surface area (Å²) < 4.78 is 39.0. The summed E-state index contributed by atoms with van der Waals surface area (Å²) in [5.41, 5.74) is 4.43. The van der Waals surface area contributed by atoms with Crippen LogP contribution < -0.4 is 5.32 Å². The van der Waals surface area contributed by atoms with Gasteiger partial charge in [0.2, 0.25) is 0 Å². The fourth-order valence-electron chi connectivity index (χ4n) is 2.90. The highest BCUT2D eigenvalue weighted by molar-refractivity contribution is 6.50. The summed E-state index contributed by atoms with van der Waals surface area (Å²) in [4.78, 5) is 0. The van der Waals surface area contributed by atoms with Gasteiger partial charge < -0.3 is 22.6 Å². The molecule has 0 radical (unpaired) electrons. The van der Waals surface area contributed by atoms with Gasteiger partial charge in [-0.05, 0) is 18.1 Å². The molecule has 6 heteroatoms. The molecule has 0 amide bonds. The standard InChI is InChI=1S/C16H17N.BF4/c1-12-16(13-7-3-2-4-8-13)15-10-6-5-9-14(15)11-17-12;2-1(3,4)5/h2-10,12,16-17H,11H2,1H3;/q;-1/p+1. The zero-order valence-electron chi connectivity index (χ0n) is 12.2. The molecule has 1 heterocycles. The lowest BCUT2D eigenvalue weighted by Gasteiger charge is -2.30. The number of benzene rings is 2. The molecular weight excluding hydrogens is 293 g/mol. The molecule has 1 nitrogen and oxygen atoms in total. The van der Waals surface area contributed by atoms with Crippen LogP contribution >= 0.6 is 0 Å². The van der Waals surface area contributed by atoms with Crippen molar-refractivity contribution >= 4 is 7.25 Å². The third kappa shape index (κ3) is 4.60. The van der Waals surface area contributed by atoms with Crippen LogP contribution in [0.5, 0.6) is 0 Å². The predicted octanol–water partition coefficient (Wildman–Crippen LogP) is 3.58. The first-order valence-electron chi connectivity index (χ1n) is 7.19. The van der Waals surface area contributed by atoms with Crippen LogP contribution in [0.15, 0.2) is 54.6 Å². The maximum atomic E-state index is 9.75. The predicted molar refractivity (Wildman–Crippen MR) is 80.0 cm³/mol. The van der Waals surface area contributed by atoms with Crippen molar-refractivity contribution in [3.8, 4) is 0 Å². The van der Waals surface area contributed by atoms with Crippen LogP contribution in [-0.2, 0) is 6.54 Å². The molecule has 2 unspecified atom stereocenters. The molecule has 22 heavy (non-hydrogen) atoms. The summed E-state index contributed by atoms with van der Waals surface area (Å²) >= 11 is 0. The van der Waals surface area contributed by atoms with Gasteiger partial charge in [-0.25, -0.2) is 0 Å². The van der Waals surface area contributed by atoms with Crippen molar-refractivity contribution in [3.63, 3.8) is 0 Å². The molecular formula is C16H18BF4N. The number of fused-ring (bicyclic) bond motifs is 1. The molecule has 1 aliphatic heterocycles. The maximum absolute atomic E-state index is 9.75. The van der Waals surface area contributed by atoms with Crippen LogP contribution in [0.3, 0.4) is 0 Å². The third-order valence-electron chi connectivity index (χ3n) is 3.78. The molecule has 0 saturated carbocycles. The van der Waals surface area contributed by atoms with Crippen LogP contribution in [0, 0.1) is 0 Å². The zero-order chi connectivity index (χ0) is 16.2. The molecule has 2 aromatic carbocycles. The van der Waals surface area contributed by atoms with E-state index in [9.17, 15) is 17.3 Å². The summed E-state index contributed by atoms with van der Waals surface area (Å²) in [6.45, 7) is 3.44. The normalized spacial score (nSPS) is 20.6. The number of hydrogen-bond donors (Lipinski definition) is 1. The van der Waals surface area contributed by atoms with Gasteiger partial charge in [0.25, 0.3) is 0 Å². The molecule has 3 rings (SSSR count). The van der Waals surface area contributed by atoms with Crippen molar-refractivity contribution in [2.75, 3.05) is 0 Å². The van der Waals surface area contributed by atoms with E-state index in [0.717, 1.165) is 6.54 Å². The molecule has 2 atom stereocenters. The maximum Gasteiger partial charge on any atom is 0.673 e. The van der Waals surface area contributed by atoms with Crippen LogP contribution in [0.25, 0.3) is 0 Å². The van der Waals surface area contributed by atoms with Crippen LogP contribution in [0.4, 0.5) is 17.3 Å². The number of rotatable bonds is 1. The molecule has 0 spiro atoms. The van der Waals surface area contributed by atoms with E-state index in [4.69, 9.17) is 0 Å². The van der Waals surface area contributed by atoms with Gasteiger partial charge in [-0.15, -0.1) is 0 Å². The second kappa shape index (κ2) is 6.96. The van der Waals surface area contributed by atoms with Crippen LogP contribution in [0.2, 0.25) is 0 Å². The molecule has 2 aromatic rings. The summed E-state index contributed by atoms with van der Waals surface area (Å²) in [5.74, 6) is 0.529. The Bertz CT molecular complexity index is 595. The van der Waals surface area contributed by atoms with E-state index >= 15 is 0 Å². The second-order valence-electron chi connectivity index (χ2n) is 5.38. The van der Waals surface area contributed by atoms with Gasteiger partial charge in [0.15, 0.2) is 0 Å². The Balaban J connectivity index is 0.000000309. The van der Waals surface area contributed by atoms with Crippen molar-refractivity contribution < 1.29 is 22.6 Å². The van der Waals surface area contributed by atoms with E-state index in [-0.39, 0.29) is 0 Å². The van der Waals surface area contributed by atoms with E-state index in [1.807, 2.05) is 0 Å². The number of halogens is 4. The number of quaternary nitrogens is 1. The van der Waals surface area contributed by atoms with Gasteiger partial charge >= 0.3 is 7.25 Å². The number of nitrogens with two attached hydrogens (primary N) is 1. The summed E-state index contributed by atoms with van der Waals surface area (Å²) in [7, 11) is -6.00. The average Bonchev–Trinajstić information content (AvgIpc) is 2.46. The van der Waals surface area contributed by atoms with Gasteiger partial charge in [-0.3, -0.25) is 0 Å². The monoisotopic (exact) mass is 311 g/mol. The van der Waals surface area contributed by atoms with E-state index < -0.39 is 7.25 Å². The largest absolute Gasteiger partial charge is 0.673 e. The minimum Gasteiger partial charge on any atom is -0.418 e. The van der Waals surface area contributed by atoms with Crippen LogP contribution in [0.1, 0.15) is 29.5 Å². The summed E-state index contributed by atoms with van der Waals surface area (Å²) in [6, 6.07) is 20.3. The first-order valence-corrected chi connectivity index (χ1v) is 7.19. The minimum absolute atomic E-state index is 0.529. The molecule has 0 saturated heterocycles. The number of hydrogen-bond acceptors (Lipinski definition) is 0. The van der Waals surface area contributed by atoms with Crippen molar-refractivity contribution in [1.29, 1.82) is 0 Å². The van der Waals surface area contributed by atoms with Crippen molar-refractivity contribution in [3.05, 3.63) is 71.3 Å². The summed E-state index contributed by atoms with van der Waals surface area (Å²) in [5, 5.41) is 2.44. The quantitative estimate of drug-likeness (QED) is 0.612. The Kier molecular flexibility index (Phi) is 5.24. The fourth-order valence-corrected chi connectivity index (χ4v) is 2.90. The molecule has 0 aromatic heterocycles. The molecule has 2 N–H and O–H groups in total. The molecule has 0 bridgehead atoms. The van der Waals surface area contributed by atoms with Crippen molar-refractivity contribution in [2.45, 2.75) is 25.4 Å². The first-order chi connectivity index (χ1) is 10.4. The van der Waals surface area contributed by atoms with Gasteiger partial charge in [0.1, 0.15) is 6.54 Å². The topological polar surface area (TPSA) is 16.6 Å². The van der Waals surface area contributed by atoms with E-state index in [0.29, 0.717) is 12.0 Å². The third-order valence-corrected chi connectivity index (χ3v) is 3.78. The first kappa shape index (κ1) is 16.6. The highest BCUT2D eigenvalue weighted by Crippen LogP contribution is 2.30. The molecule has 0 fully saturated rings.